The summed E-state index contributed by atoms with van der Waals surface area (Å²) in [4.78, 5) is 29.0. The molecule has 0 aromatic carbocycles. The van der Waals surface area contributed by atoms with Crippen LogP contribution in [0.5, 0.6) is 0 Å². The molecular formula is C13H19N5O3. The molecule has 0 bridgehead atoms. The zero-order valence-corrected chi connectivity index (χ0v) is 11.7. The number of anilines is 2. The van der Waals surface area contributed by atoms with E-state index in [1.807, 2.05) is 6.07 Å². The molecule has 0 aliphatic carbocycles. The lowest BCUT2D eigenvalue weighted by molar-refractivity contribution is -0.123. The minimum absolute atomic E-state index is 0.110. The van der Waals surface area contributed by atoms with Gasteiger partial charge in [-0.2, -0.15) is 0 Å². The molecule has 0 unspecified atom stereocenters. The number of nitrogens with one attached hydrogen (secondary N) is 2. The third-order valence-electron chi connectivity index (χ3n) is 3.00. The summed E-state index contributed by atoms with van der Waals surface area (Å²) in [6.45, 7) is 2.76. The fraction of sp³-hybridized carbons (Fsp3) is 0.462. The molecule has 8 nitrogen and oxygen atoms in total. The van der Waals surface area contributed by atoms with Crippen LogP contribution in [0, 0.1) is 0 Å². The highest BCUT2D eigenvalue weighted by Crippen LogP contribution is 2.15. The maximum Gasteiger partial charge on any atom is 0.243 e. The predicted octanol–water partition coefficient (Wildman–Crippen LogP) is -1.07. The average Bonchev–Trinajstić information content (AvgIpc) is 2.54. The smallest absolute Gasteiger partial charge is 0.243 e. The number of nitrogens with two attached hydrogens (primary N) is 1. The number of ether oxygens (including phenoxy) is 1. The Morgan fingerprint density at radius 1 is 1.29 bits per heavy atom. The number of pyridine rings is 1. The SMILES string of the molecule is NCC(=O)NCC(=O)Nc1ccc(N2CCOCC2)nc1. The quantitative estimate of drug-likeness (QED) is 0.638. The lowest BCUT2D eigenvalue weighted by Crippen LogP contribution is -2.37. The number of aromatic nitrogens is 1. The largest absolute Gasteiger partial charge is 0.378 e. The van der Waals surface area contributed by atoms with Gasteiger partial charge in [0.15, 0.2) is 0 Å². The minimum atomic E-state index is -0.369. The normalized spacial score (nSPS) is 14.6. The van der Waals surface area contributed by atoms with Crippen LogP contribution in [-0.4, -0.2) is 56.2 Å². The molecule has 21 heavy (non-hydrogen) atoms. The van der Waals surface area contributed by atoms with Crippen LogP contribution in [0.4, 0.5) is 11.5 Å². The van der Waals surface area contributed by atoms with Crippen molar-refractivity contribution in [3.63, 3.8) is 0 Å². The molecule has 2 amide bonds. The molecule has 0 spiro atoms. The monoisotopic (exact) mass is 293 g/mol. The Bertz CT molecular complexity index is 485. The molecule has 1 aromatic heterocycles. The summed E-state index contributed by atoms with van der Waals surface area (Å²) in [7, 11) is 0. The Morgan fingerprint density at radius 3 is 2.67 bits per heavy atom. The van der Waals surface area contributed by atoms with Gasteiger partial charge in [-0.1, -0.05) is 0 Å². The molecule has 1 saturated heterocycles. The highest BCUT2D eigenvalue weighted by atomic mass is 16.5. The molecule has 8 heteroatoms. The van der Waals surface area contributed by atoms with Gasteiger partial charge in [-0.25, -0.2) is 4.98 Å². The molecule has 4 N–H and O–H groups in total. The number of amides is 2. The van der Waals surface area contributed by atoms with E-state index in [4.69, 9.17) is 10.5 Å². The van der Waals surface area contributed by atoms with Gasteiger partial charge in [0.25, 0.3) is 0 Å². The molecule has 114 valence electrons. The molecule has 2 rings (SSSR count). The number of carbonyl (C=O) groups is 2. The first kappa shape index (κ1) is 15.2. The van der Waals surface area contributed by atoms with Gasteiger partial charge in [-0.05, 0) is 12.1 Å². The van der Waals surface area contributed by atoms with Crippen LogP contribution in [-0.2, 0) is 14.3 Å². The number of nitrogens with zero attached hydrogens (tertiary/aromatic N) is 2. The van der Waals surface area contributed by atoms with Gasteiger partial charge in [0.1, 0.15) is 5.82 Å². The van der Waals surface area contributed by atoms with Crippen molar-refractivity contribution in [2.24, 2.45) is 5.73 Å². The summed E-state index contributed by atoms with van der Waals surface area (Å²) in [5.74, 6) is 0.163. The van der Waals surface area contributed by atoms with E-state index < -0.39 is 0 Å². The second-order valence-electron chi connectivity index (χ2n) is 4.53. The average molecular weight is 293 g/mol. The number of carbonyl (C=O) groups excluding carboxylic acids is 2. The van der Waals surface area contributed by atoms with Crippen molar-refractivity contribution in [2.75, 3.05) is 49.6 Å². The zero-order chi connectivity index (χ0) is 15.1. The standard InChI is InChI=1S/C13H19N5O3/c14-7-12(19)16-9-13(20)17-10-1-2-11(15-8-10)18-3-5-21-6-4-18/h1-2,8H,3-7,9,14H2,(H,16,19)(H,17,20). The number of rotatable bonds is 5. The van der Waals surface area contributed by atoms with Crippen molar-refractivity contribution < 1.29 is 14.3 Å². The molecule has 0 saturated carbocycles. The van der Waals surface area contributed by atoms with Crippen molar-refractivity contribution in [1.82, 2.24) is 10.3 Å². The van der Waals surface area contributed by atoms with E-state index in [1.54, 1.807) is 12.3 Å². The third-order valence-corrected chi connectivity index (χ3v) is 3.00. The number of morpholine rings is 1. The van der Waals surface area contributed by atoms with Crippen molar-refractivity contribution in [3.05, 3.63) is 18.3 Å². The Morgan fingerprint density at radius 2 is 2.05 bits per heavy atom. The highest BCUT2D eigenvalue weighted by Gasteiger charge is 2.12. The van der Waals surface area contributed by atoms with Crippen LogP contribution in [0.3, 0.4) is 0 Å². The molecule has 0 radical (unpaired) electrons. The Labute approximate surface area is 122 Å². The summed E-state index contributed by atoms with van der Waals surface area (Å²) in [5.41, 5.74) is 5.71. The maximum absolute atomic E-state index is 11.6. The van der Waals surface area contributed by atoms with Crippen molar-refractivity contribution in [2.45, 2.75) is 0 Å². The zero-order valence-electron chi connectivity index (χ0n) is 11.7. The van der Waals surface area contributed by atoms with Crippen LogP contribution < -0.4 is 21.3 Å². The summed E-state index contributed by atoms with van der Waals surface area (Å²) >= 11 is 0. The van der Waals surface area contributed by atoms with E-state index in [9.17, 15) is 9.59 Å². The van der Waals surface area contributed by atoms with Gasteiger partial charge >= 0.3 is 0 Å². The first-order valence-electron chi connectivity index (χ1n) is 6.74. The number of hydrogen-bond donors (Lipinski definition) is 3. The summed E-state index contributed by atoms with van der Waals surface area (Å²) in [5, 5.41) is 5.05. The molecule has 1 aliphatic heterocycles. The van der Waals surface area contributed by atoms with Crippen LogP contribution in [0.2, 0.25) is 0 Å². The fourth-order valence-electron chi connectivity index (χ4n) is 1.90. The molecular weight excluding hydrogens is 274 g/mol. The fourth-order valence-corrected chi connectivity index (χ4v) is 1.90. The first-order chi connectivity index (χ1) is 10.2. The van der Waals surface area contributed by atoms with Gasteiger partial charge in [0, 0.05) is 13.1 Å². The van der Waals surface area contributed by atoms with E-state index in [0.29, 0.717) is 18.9 Å². The third kappa shape index (κ3) is 4.69. The Hall–Kier alpha value is -2.19. The molecule has 1 aliphatic rings. The van der Waals surface area contributed by atoms with Crippen LogP contribution >= 0.6 is 0 Å². The first-order valence-corrected chi connectivity index (χ1v) is 6.74. The van der Waals surface area contributed by atoms with Gasteiger partial charge in [0.05, 0.1) is 38.2 Å². The predicted molar refractivity (Wildman–Crippen MR) is 78.0 cm³/mol. The molecule has 2 heterocycles. The van der Waals surface area contributed by atoms with Crippen LogP contribution in [0.15, 0.2) is 18.3 Å². The Kier molecular flexibility index (Phi) is 5.47. The molecule has 0 atom stereocenters. The van der Waals surface area contributed by atoms with Gasteiger partial charge < -0.3 is 26.0 Å². The summed E-state index contributed by atoms with van der Waals surface area (Å²) in [6.07, 6.45) is 1.59. The highest BCUT2D eigenvalue weighted by molar-refractivity contribution is 5.94. The lowest BCUT2D eigenvalue weighted by Gasteiger charge is -2.27. The van der Waals surface area contributed by atoms with Gasteiger partial charge in [0.2, 0.25) is 11.8 Å². The van der Waals surface area contributed by atoms with E-state index in [1.165, 1.54) is 0 Å². The van der Waals surface area contributed by atoms with E-state index >= 15 is 0 Å². The maximum atomic E-state index is 11.6. The van der Waals surface area contributed by atoms with Gasteiger partial charge in [-0.15, -0.1) is 0 Å². The van der Waals surface area contributed by atoms with Gasteiger partial charge in [-0.3, -0.25) is 9.59 Å². The molecule has 1 fully saturated rings. The topological polar surface area (TPSA) is 110 Å². The van der Waals surface area contributed by atoms with E-state index in [2.05, 4.69) is 20.5 Å². The lowest BCUT2D eigenvalue weighted by atomic mass is 10.3. The van der Waals surface area contributed by atoms with E-state index in [0.717, 1.165) is 18.9 Å². The van der Waals surface area contributed by atoms with Crippen molar-refractivity contribution >= 4 is 23.3 Å². The second-order valence-corrected chi connectivity index (χ2v) is 4.53. The molecule has 1 aromatic rings. The van der Waals surface area contributed by atoms with Crippen molar-refractivity contribution in [3.8, 4) is 0 Å². The van der Waals surface area contributed by atoms with Crippen molar-refractivity contribution in [1.29, 1.82) is 0 Å². The number of hydrogen-bond acceptors (Lipinski definition) is 6. The summed E-state index contributed by atoms with van der Waals surface area (Å²) < 4.78 is 5.28. The van der Waals surface area contributed by atoms with E-state index in [-0.39, 0.29) is 24.9 Å². The second kappa shape index (κ2) is 7.55. The van der Waals surface area contributed by atoms with Crippen LogP contribution in [0.1, 0.15) is 0 Å². The van der Waals surface area contributed by atoms with Crippen LogP contribution in [0.25, 0.3) is 0 Å². The minimum Gasteiger partial charge on any atom is -0.378 e. The Balaban J connectivity index is 1.84. The summed E-state index contributed by atoms with van der Waals surface area (Å²) in [6, 6.07) is 3.62.